The first kappa shape index (κ1) is 13.1. The first-order chi connectivity index (χ1) is 8.72. The van der Waals surface area contributed by atoms with Crippen LogP contribution in [0.5, 0.6) is 0 Å². The molecule has 2 amide bonds. The summed E-state index contributed by atoms with van der Waals surface area (Å²) in [4.78, 5) is 26.7. The molecule has 0 bridgehead atoms. The zero-order valence-electron chi connectivity index (χ0n) is 10.5. The van der Waals surface area contributed by atoms with Crippen molar-refractivity contribution in [1.29, 1.82) is 0 Å². The Labute approximate surface area is 111 Å². The molecule has 0 radical (unpaired) electrons. The normalized spacial score (nSPS) is 19.3. The van der Waals surface area contributed by atoms with Crippen LogP contribution in [-0.2, 0) is 16.1 Å². The molecule has 4 nitrogen and oxygen atoms in total. The van der Waals surface area contributed by atoms with Crippen LogP contribution in [0.15, 0.2) is 17.5 Å². The molecule has 2 rings (SSSR count). The van der Waals surface area contributed by atoms with E-state index in [2.05, 4.69) is 5.32 Å². The first-order valence-electron chi connectivity index (χ1n) is 6.32. The molecule has 1 aliphatic heterocycles. The fourth-order valence-electron chi connectivity index (χ4n) is 2.14. The molecule has 18 heavy (non-hydrogen) atoms. The maximum Gasteiger partial charge on any atom is 0.242 e. The number of rotatable bonds is 5. The third-order valence-electron chi connectivity index (χ3n) is 3.09. The Morgan fingerprint density at radius 2 is 2.44 bits per heavy atom. The molecule has 0 unspecified atom stereocenters. The zero-order chi connectivity index (χ0) is 13.0. The fraction of sp³-hybridized carbons (Fsp3) is 0.538. The number of hydrogen-bond donors (Lipinski definition) is 1. The predicted molar refractivity (Wildman–Crippen MR) is 71.2 cm³/mol. The smallest absolute Gasteiger partial charge is 0.242 e. The number of amides is 2. The first-order valence-corrected chi connectivity index (χ1v) is 7.20. The standard InChI is InChI=1S/C13H18N2O2S/c1-2-7-14-13(17)11-5-6-12(16)15(11)9-10-4-3-8-18-10/h3-4,8,11H,2,5-7,9H2,1H3,(H,14,17)/t11-/m1/s1. The highest BCUT2D eigenvalue weighted by atomic mass is 32.1. The van der Waals surface area contributed by atoms with Crippen LogP contribution in [-0.4, -0.2) is 29.3 Å². The van der Waals surface area contributed by atoms with Gasteiger partial charge in [-0.3, -0.25) is 9.59 Å². The second kappa shape index (κ2) is 6.00. The van der Waals surface area contributed by atoms with Gasteiger partial charge in [0.1, 0.15) is 6.04 Å². The zero-order valence-corrected chi connectivity index (χ0v) is 11.3. The second-order valence-electron chi connectivity index (χ2n) is 4.45. The fourth-order valence-corrected chi connectivity index (χ4v) is 2.84. The van der Waals surface area contributed by atoms with Crippen LogP contribution in [0.1, 0.15) is 31.1 Å². The van der Waals surface area contributed by atoms with E-state index in [0.29, 0.717) is 25.9 Å². The highest BCUT2D eigenvalue weighted by molar-refractivity contribution is 7.09. The van der Waals surface area contributed by atoms with E-state index in [1.807, 2.05) is 24.4 Å². The molecule has 2 heterocycles. The van der Waals surface area contributed by atoms with Gasteiger partial charge in [0.05, 0.1) is 6.54 Å². The van der Waals surface area contributed by atoms with Crippen molar-refractivity contribution in [3.63, 3.8) is 0 Å². The maximum absolute atomic E-state index is 12.0. The summed E-state index contributed by atoms with van der Waals surface area (Å²) in [6.45, 7) is 3.25. The average molecular weight is 266 g/mol. The molecule has 98 valence electrons. The van der Waals surface area contributed by atoms with Crippen molar-refractivity contribution in [2.75, 3.05) is 6.54 Å². The molecule has 0 aliphatic carbocycles. The SMILES string of the molecule is CCCNC(=O)[C@H]1CCC(=O)N1Cc1cccs1. The van der Waals surface area contributed by atoms with Gasteiger partial charge in [0, 0.05) is 17.8 Å². The predicted octanol–water partition coefficient (Wildman–Crippen LogP) is 1.77. The molecule has 1 fully saturated rings. The second-order valence-corrected chi connectivity index (χ2v) is 5.48. The van der Waals surface area contributed by atoms with E-state index >= 15 is 0 Å². The summed E-state index contributed by atoms with van der Waals surface area (Å²) in [5, 5.41) is 4.86. The summed E-state index contributed by atoms with van der Waals surface area (Å²) in [7, 11) is 0. The molecule has 0 saturated carbocycles. The Bertz CT molecular complexity index is 417. The summed E-state index contributed by atoms with van der Waals surface area (Å²) in [5.41, 5.74) is 0. The van der Waals surface area contributed by atoms with E-state index in [9.17, 15) is 9.59 Å². The largest absolute Gasteiger partial charge is 0.354 e. The van der Waals surface area contributed by atoms with Gasteiger partial charge >= 0.3 is 0 Å². The summed E-state index contributed by atoms with van der Waals surface area (Å²) in [6.07, 6.45) is 2.03. The molecule has 1 aliphatic rings. The number of carbonyl (C=O) groups excluding carboxylic acids is 2. The Hall–Kier alpha value is -1.36. The van der Waals surface area contributed by atoms with Crippen LogP contribution < -0.4 is 5.32 Å². The number of nitrogens with one attached hydrogen (secondary N) is 1. The lowest BCUT2D eigenvalue weighted by Crippen LogP contribution is -2.44. The number of likely N-dealkylation sites (tertiary alicyclic amines) is 1. The molecular formula is C13H18N2O2S. The molecular weight excluding hydrogens is 248 g/mol. The van der Waals surface area contributed by atoms with Crippen LogP contribution >= 0.6 is 11.3 Å². The van der Waals surface area contributed by atoms with E-state index < -0.39 is 0 Å². The Morgan fingerprint density at radius 3 is 3.11 bits per heavy atom. The Balaban J connectivity index is 2.01. The van der Waals surface area contributed by atoms with Crippen molar-refractivity contribution in [3.05, 3.63) is 22.4 Å². The van der Waals surface area contributed by atoms with Crippen molar-refractivity contribution in [2.24, 2.45) is 0 Å². The molecule has 0 aromatic carbocycles. The van der Waals surface area contributed by atoms with Gasteiger partial charge in [0.15, 0.2) is 0 Å². The summed E-state index contributed by atoms with van der Waals surface area (Å²) >= 11 is 1.62. The molecule has 0 spiro atoms. The van der Waals surface area contributed by atoms with E-state index in [1.54, 1.807) is 16.2 Å². The maximum atomic E-state index is 12.0. The third kappa shape index (κ3) is 2.90. The van der Waals surface area contributed by atoms with Gasteiger partial charge in [-0.15, -0.1) is 11.3 Å². The molecule has 1 saturated heterocycles. The summed E-state index contributed by atoms with van der Waals surface area (Å²) < 4.78 is 0. The monoisotopic (exact) mass is 266 g/mol. The van der Waals surface area contributed by atoms with Crippen LogP contribution in [0, 0.1) is 0 Å². The van der Waals surface area contributed by atoms with Crippen molar-refractivity contribution in [1.82, 2.24) is 10.2 Å². The molecule has 1 aromatic rings. The number of thiophene rings is 1. The minimum atomic E-state index is -0.286. The van der Waals surface area contributed by atoms with Gasteiger partial charge in [-0.05, 0) is 24.3 Å². The Morgan fingerprint density at radius 1 is 1.61 bits per heavy atom. The van der Waals surface area contributed by atoms with E-state index in [4.69, 9.17) is 0 Å². The van der Waals surface area contributed by atoms with E-state index in [0.717, 1.165) is 11.3 Å². The quantitative estimate of drug-likeness (QED) is 0.883. The van der Waals surface area contributed by atoms with Crippen molar-refractivity contribution < 1.29 is 9.59 Å². The third-order valence-corrected chi connectivity index (χ3v) is 3.95. The lowest BCUT2D eigenvalue weighted by Gasteiger charge is -2.23. The summed E-state index contributed by atoms with van der Waals surface area (Å²) in [6, 6.07) is 3.68. The van der Waals surface area contributed by atoms with Gasteiger partial charge in [-0.1, -0.05) is 13.0 Å². The van der Waals surface area contributed by atoms with Gasteiger partial charge in [-0.2, -0.15) is 0 Å². The van der Waals surface area contributed by atoms with Crippen molar-refractivity contribution in [3.8, 4) is 0 Å². The van der Waals surface area contributed by atoms with E-state index in [-0.39, 0.29) is 17.9 Å². The van der Waals surface area contributed by atoms with Crippen LogP contribution in [0.25, 0.3) is 0 Å². The van der Waals surface area contributed by atoms with Gasteiger partial charge in [0.2, 0.25) is 11.8 Å². The molecule has 1 N–H and O–H groups in total. The number of hydrogen-bond acceptors (Lipinski definition) is 3. The lowest BCUT2D eigenvalue weighted by molar-refractivity contribution is -0.135. The molecule has 1 aromatic heterocycles. The Kier molecular flexibility index (Phi) is 4.36. The number of carbonyl (C=O) groups is 2. The minimum Gasteiger partial charge on any atom is -0.354 e. The highest BCUT2D eigenvalue weighted by Crippen LogP contribution is 2.23. The van der Waals surface area contributed by atoms with Gasteiger partial charge < -0.3 is 10.2 Å². The number of nitrogens with zero attached hydrogens (tertiary/aromatic N) is 1. The summed E-state index contributed by atoms with van der Waals surface area (Å²) in [5.74, 6) is 0.0688. The van der Waals surface area contributed by atoms with Crippen molar-refractivity contribution in [2.45, 2.75) is 38.8 Å². The van der Waals surface area contributed by atoms with Crippen LogP contribution in [0.2, 0.25) is 0 Å². The van der Waals surface area contributed by atoms with Crippen molar-refractivity contribution >= 4 is 23.2 Å². The highest BCUT2D eigenvalue weighted by Gasteiger charge is 2.35. The topological polar surface area (TPSA) is 49.4 Å². The van der Waals surface area contributed by atoms with Crippen LogP contribution in [0.4, 0.5) is 0 Å². The molecule has 5 heteroatoms. The van der Waals surface area contributed by atoms with Gasteiger partial charge in [0.25, 0.3) is 0 Å². The van der Waals surface area contributed by atoms with E-state index in [1.165, 1.54) is 0 Å². The molecule has 1 atom stereocenters. The minimum absolute atomic E-state index is 0.0146. The average Bonchev–Trinajstić information content (AvgIpc) is 2.98. The van der Waals surface area contributed by atoms with Crippen LogP contribution in [0.3, 0.4) is 0 Å². The lowest BCUT2D eigenvalue weighted by atomic mass is 10.2. The van der Waals surface area contributed by atoms with Gasteiger partial charge in [-0.25, -0.2) is 0 Å².